The monoisotopic (exact) mass is 354 g/mol. The highest BCUT2D eigenvalue weighted by Crippen LogP contribution is 2.66. The maximum absolute atomic E-state index is 11.9. The van der Waals surface area contributed by atoms with Crippen LogP contribution in [0, 0.1) is 17.8 Å². The first-order valence-electron chi connectivity index (χ1n) is 9.40. The molecule has 142 valence electrons. The maximum atomic E-state index is 11.9. The number of esters is 1. The van der Waals surface area contributed by atoms with Crippen molar-refractivity contribution in [1.29, 1.82) is 0 Å². The zero-order chi connectivity index (χ0) is 18.4. The van der Waals surface area contributed by atoms with E-state index in [9.17, 15) is 9.90 Å². The van der Waals surface area contributed by atoms with Gasteiger partial charge in [0.25, 0.3) is 0 Å². The van der Waals surface area contributed by atoms with E-state index in [-0.39, 0.29) is 17.9 Å². The summed E-state index contributed by atoms with van der Waals surface area (Å²) in [5.74, 6) is 0.599. The lowest BCUT2D eigenvalue weighted by molar-refractivity contribution is -0.435. The number of ether oxygens (including phenoxy) is 2. The van der Waals surface area contributed by atoms with Gasteiger partial charge < -0.3 is 14.6 Å². The molecule has 25 heavy (non-hydrogen) atoms. The zero-order valence-electron chi connectivity index (χ0n) is 15.8. The van der Waals surface area contributed by atoms with Crippen LogP contribution >= 0.6 is 0 Å². The van der Waals surface area contributed by atoms with Crippen LogP contribution in [0.1, 0.15) is 53.4 Å². The summed E-state index contributed by atoms with van der Waals surface area (Å²) in [6.45, 7) is 8.04. The van der Waals surface area contributed by atoms with Crippen molar-refractivity contribution in [3.05, 3.63) is 11.8 Å². The second kappa shape index (κ2) is 6.56. The fraction of sp³-hybridized carbons (Fsp3) is 0.842. The van der Waals surface area contributed by atoms with Crippen LogP contribution in [0.3, 0.4) is 0 Å². The van der Waals surface area contributed by atoms with Gasteiger partial charge in [-0.3, -0.25) is 0 Å². The van der Waals surface area contributed by atoms with Crippen molar-refractivity contribution in [2.24, 2.45) is 17.8 Å². The van der Waals surface area contributed by atoms with Crippen molar-refractivity contribution < 1.29 is 29.1 Å². The van der Waals surface area contributed by atoms with Crippen LogP contribution in [0.4, 0.5) is 0 Å². The molecule has 6 nitrogen and oxygen atoms in total. The van der Waals surface area contributed by atoms with Crippen LogP contribution in [0.25, 0.3) is 0 Å². The Kier molecular flexibility index (Phi) is 4.90. The highest BCUT2D eigenvalue weighted by atomic mass is 17.2. The predicted molar refractivity (Wildman–Crippen MR) is 90.2 cm³/mol. The van der Waals surface area contributed by atoms with Crippen molar-refractivity contribution in [1.82, 2.24) is 0 Å². The number of carbonyl (C=O) groups excluding carboxylic acids is 1. The molecule has 3 rings (SSSR count). The first-order valence-corrected chi connectivity index (χ1v) is 9.40. The Hall–Kier alpha value is -1.11. The third kappa shape index (κ3) is 2.53. The van der Waals surface area contributed by atoms with Gasteiger partial charge in [0.05, 0.1) is 19.3 Å². The van der Waals surface area contributed by atoms with Crippen molar-refractivity contribution in [3.63, 3.8) is 0 Å². The SMILES string of the molecule is CCC1C[C@@]2(CC)O/C(=C\C(=O)OC)[C@@]3(CC)OO[C@H]([C@@H](C)O)C1C23. The summed E-state index contributed by atoms with van der Waals surface area (Å²) >= 11 is 0. The molecule has 0 aromatic carbocycles. The Labute approximate surface area is 149 Å². The molecule has 3 fully saturated rings. The molecule has 2 aliphatic heterocycles. The van der Waals surface area contributed by atoms with Gasteiger partial charge in [0.15, 0.2) is 5.60 Å². The molecule has 1 N–H and O–H groups in total. The van der Waals surface area contributed by atoms with E-state index in [4.69, 9.17) is 19.2 Å². The van der Waals surface area contributed by atoms with Crippen molar-refractivity contribution in [2.45, 2.75) is 76.8 Å². The van der Waals surface area contributed by atoms with Gasteiger partial charge in [0.2, 0.25) is 0 Å². The van der Waals surface area contributed by atoms with Crippen molar-refractivity contribution >= 4 is 5.97 Å². The predicted octanol–water partition coefficient (Wildman–Crippen LogP) is 2.74. The molecule has 2 saturated heterocycles. The summed E-state index contributed by atoms with van der Waals surface area (Å²) < 4.78 is 11.2. The summed E-state index contributed by atoms with van der Waals surface area (Å²) in [4.78, 5) is 23.5. The lowest BCUT2D eigenvalue weighted by Gasteiger charge is -2.46. The largest absolute Gasteiger partial charge is 0.488 e. The quantitative estimate of drug-likeness (QED) is 0.465. The number of aliphatic hydroxyl groups is 1. The lowest BCUT2D eigenvalue weighted by atomic mass is 9.68. The van der Waals surface area contributed by atoms with Gasteiger partial charge >= 0.3 is 5.97 Å². The minimum atomic E-state index is -0.801. The molecular weight excluding hydrogens is 324 g/mol. The number of hydrogen-bond acceptors (Lipinski definition) is 6. The third-order valence-electron chi connectivity index (χ3n) is 6.60. The van der Waals surface area contributed by atoms with Gasteiger partial charge in [-0.1, -0.05) is 27.2 Å². The van der Waals surface area contributed by atoms with E-state index in [1.165, 1.54) is 13.2 Å². The van der Waals surface area contributed by atoms with E-state index in [1.807, 2.05) is 6.92 Å². The van der Waals surface area contributed by atoms with Gasteiger partial charge in [0.1, 0.15) is 17.5 Å². The van der Waals surface area contributed by atoms with E-state index in [0.717, 1.165) is 19.3 Å². The summed E-state index contributed by atoms with van der Waals surface area (Å²) in [5, 5.41) is 10.3. The van der Waals surface area contributed by atoms with Gasteiger partial charge in [-0.2, -0.15) is 0 Å². The number of hydrogen-bond donors (Lipinski definition) is 1. The van der Waals surface area contributed by atoms with E-state index < -0.39 is 23.3 Å². The average molecular weight is 354 g/mol. The molecule has 1 saturated carbocycles. The normalized spacial score (nSPS) is 45.1. The highest BCUT2D eigenvalue weighted by molar-refractivity contribution is 5.82. The molecule has 0 spiro atoms. The first-order chi connectivity index (χ1) is 11.9. The van der Waals surface area contributed by atoms with Crippen molar-refractivity contribution in [2.75, 3.05) is 7.11 Å². The summed E-state index contributed by atoms with van der Waals surface area (Å²) in [6, 6.07) is 0. The van der Waals surface area contributed by atoms with Crippen LogP contribution in [-0.2, 0) is 24.0 Å². The molecule has 6 heteroatoms. The second-order valence-electron chi connectivity index (χ2n) is 7.61. The zero-order valence-corrected chi connectivity index (χ0v) is 15.8. The van der Waals surface area contributed by atoms with Crippen LogP contribution in [0.2, 0.25) is 0 Å². The van der Waals surface area contributed by atoms with Gasteiger partial charge in [-0.15, -0.1) is 0 Å². The fourth-order valence-corrected chi connectivity index (χ4v) is 5.41. The molecule has 0 aromatic rings. The van der Waals surface area contributed by atoms with E-state index in [2.05, 4.69) is 13.8 Å². The van der Waals surface area contributed by atoms with E-state index >= 15 is 0 Å². The summed E-state index contributed by atoms with van der Waals surface area (Å²) in [6.07, 6.45) is 3.70. The highest BCUT2D eigenvalue weighted by Gasteiger charge is 2.73. The number of carbonyl (C=O) groups is 1. The lowest BCUT2D eigenvalue weighted by Crippen LogP contribution is -2.56. The standard InChI is InChI=1S/C19H30O6/c1-6-12-10-18(7-2)17-15(12)16(11(4)20)24-25-19(17,8-3)13(23-18)9-14(21)22-5/h9,11-12,15-17,20H,6-8,10H2,1-5H3/b13-9-/t11-,12?,15?,16-,17?,18-,19-/m1/s1. The van der Waals surface area contributed by atoms with Crippen LogP contribution in [-0.4, -0.2) is 41.6 Å². The van der Waals surface area contributed by atoms with Crippen LogP contribution in [0.5, 0.6) is 0 Å². The van der Waals surface area contributed by atoms with Crippen molar-refractivity contribution in [3.8, 4) is 0 Å². The van der Waals surface area contributed by atoms with Gasteiger partial charge in [-0.25, -0.2) is 14.6 Å². The van der Waals surface area contributed by atoms with Gasteiger partial charge in [-0.05, 0) is 32.1 Å². The Balaban J connectivity index is 2.12. The third-order valence-corrected chi connectivity index (χ3v) is 6.60. The Morgan fingerprint density at radius 1 is 1.40 bits per heavy atom. The van der Waals surface area contributed by atoms with Crippen LogP contribution < -0.4 is 0 Å². The molecule has 3 aliphatic rings. The number of aliphatic hydroxyl groups excluding tert-OH is 1. The number of methoxy groups -OCH3 is 1. The Morgan fingerprint density at radius 2 is 2.12 bits per heavy atom. The second-order valence-corrected chi connectivity index (χ2v) is 7.61. The molecule has 0 aromatic heterocycles. The average Bonchev–Trinajstić information content (AvgIpc) is 3.09. The minimum absolute atomic E-state index is 0.0456. The smallest absolute Gasteiger partial charge is 0.333 e. The van der Waals surface area contributed by atoms with E-state index in [1.54, 1.807) is 6.92 Å². The summed E-state index contributed by atoms with van der Waals surface area (Å²) in [5.41, 5.74) is -1.19. The molecule has 2 heterocycles. The molecule has 7 atom stereocenters. The molecule has 0 bridgehead atoms. The van der Waals surface area contributed by atoms with E-state index in [0.29, 0.717) is 18.1 Å². The Morgan fingerprint density at radius 3 is 2.64 bits per heavy atom. The van der Waals surface area contributed by atoms with Crippen LogP contribution in [0.15, 0.2) is 11.8 Å². The molecule has 3 unspecified atom stereocenters. The maximum Gasteiger partial charge on any atom is 0.333 e. The molecule has 1 aliphatic carbocycles. The minimum Gasteiger partial charge on any atom is -0.488 e. The fourth-order valence-electron chi connectivity index (χ4n) is 5.41. The van der Waals surface area contributed by atoms with Gasteiger partial charge in [0, 0.05) is 11.8 Å². The summed E-state index contributed by atoms with van der Waals surface area (Å²) in [7, 11) is 1.35. The molecule has 0 amide bonds. The topological polar surface area (TPSA) is 74.2 Å². The first kappa shape index (κ1) is 18.7. The molecule has 0 radical (unpaired) electrons. The Bertz CT molecular complexity index is 558. The molecular formula is C19H30O6. The number of rotatable bonds is 5.